The molecule has 2 heterocycles. The first-order valence-corrected chi connectivity index (χ1v) is 6.39. The summed E-state index contributed by atoms with van der Waals surface area (Å²) in [6.45, 7) is 3.17. The van der Waals surface area contributed by atoms with E-state index in [9.17, 15) is 5.11 Å². The number of aryl methyl sites for hydroxylation is 2. The zero-order valence-electron chi connectivity index (χ0n) is 11.1. The summed E-state index contributed by atoms with van der Waals surface area (Å²) < 4.78 is 2.03. The van der Waals surface area contributed by atoms with E-state index < -0.39 is 5.60 Å². The predicted octanol–water partition coefficient (Wildman–Crippen LogP) is 1.20. The topological polar surface area (TPSA) is 41.3 Å². The first-order valence-electron chi connectivity index (χ1n) is 6.39. The second kappa shape index (κ2) is 4.78. The van der Waals surface area contributed by atoms with Gasteiger partial charge < -0.3 is 14.6 Å². The van der Waals surface area contributed by atoms with E-state index in [2.05, 4.69) is 23.9 Å². The molecule has 1 N–H and O–H groups in total. The minimum atomic E-state index is -0.502. The van der Waals surface area contributed by atoms with E-state index in [1.54, 1.807) is 0 Å². The monoisotopic (exact) mass is 237 g/mol. The van der Waals surface area contributed by atoms with Crippen molar-refractivity contribution in [2.24, 2.45) is 7.05 Å². The molecule has 4 heteroatoms. The summed E-state index contributed by atoms with van der Waals surface area (Å²) in [5.41, 5.74) is -0.502. The van der Waals surface area contributed by atoms with Crippen LogP contribution in [0, 0.1) is 0 Å². The van der Waals surface area contributed by atoms with Gasteiger partial charge in [-0.2, -0.15) is 0 Å². The number of piperidine rings is 1. The maximum absolute atomic E-state index is 10.6. The number of imidazole rings is 1. The Hall–Kier alpha value is -0.870. The second-order valence-corrected chi connectivity index (χ2v) is 5.46. The summed E-state index contributed by atoms with van der Waals surface area (Å²) in [5, 5.41) is 10.6. The number of aliphatic hydroxyl groups is 1. The molecule has 1 fully saturated rings. The number of hydrogen-bond acceptors (Lipinski definition) is 3. The number of rotatable bonds is 3. The Morgan fingerprint density at radius 3 is 2.88 bits per heavy atom. The van der Waals surface area contributed by atoms with Gasteiger partial charge in [0.15, 0.2) is 0 Å². The molecule has 2 rings (SSSR count). The zero-order valence-corrected chi connectivity index (χ0v) is 11.1. The largest absolute Gasteiger partial charge is 0.390 e. The van der Waals surface area contributed by atoms with Gasteiger partial charge in [0.05, 0.1) is 5.60 Å². The lowest BCUT2D eigenvalue weighted by Gasteiger charge is -2.41. The fraction of sp³-hybridized carbons (Fsp3) is 0.769. The van der Waals surface area contributed by atoms with Crippen LogP contribution in [0.5, 0.6) is 0 Å². The third-order valence-corrected chi connectivity index (χ3v) is 4.09. The van der Waals surface area contributed by atoms with E-state index in [4.69, 9.17) is 0 Å². The second-order valence-electron chi connectivity index (χ2n) is 5.46. The number of likely N-dealkylation sites (tertiary alicyclic amines) is 1. The molecule has 1 saturated heterocycles. The first-order chi connectivity index (χ1) is 8.00. The molecule has 96 valence electrons. The molecule has 17 heavy (non-hydrogen) atoms. The smallest absolute Gasteiger partial charge is 0.108 e. The fourth-order valence-corrected chi connectivity index (χ4v) is 2.62. The predicted molar refractivity (Wildman–Crippen MR) is 67.8 cm³/mol. The molecule has 1 aliphatic rings. The van der Waals surface area contributed by atoms with Gasteiger partial charge in [0.2, 0.25) is 0 Å². The van der Waals surface area contributed by atoms with E-state index in [0.29, 0.717) is 6.04 Å². The summed E-state index contributed by atoms with van der Waals surface area (Å²) in [4.78, 5) is 6.62. The van der Waals surface area contributed by atoms with Gasteiger partial charge in [0.25, 0.3) is 0 Å². The van der Waals surface area contributed by atoms with Crippen molar-refractivity contribution in [1.29, 1.82) is 0 Å². The highest BCUT2D eigenvalue weighted by Gasteiger charge is 2.34. The lowest BCUT2D eigenvalue weighted by Crippen LogP contribution is -2.47. The normalized spacial score (nSPS) is 30.7. The van der Waals surface area contributed by atoms with Gasteiger partial charge in [-0.25, -0.2) is 4.98 Å². The highest BCUT2D eigenvalue weighted by atomic mass is 16.3. The highest BCUT2D eigenvalue weighted by molar-refractivity contribution is 4.96. The average Bonchev–Trinajstić information content (AvgIpc) is 2.68. The van der Waals surface area contributed by atoms with Gasteiger partial charge in [0, 0.05) is 38.4 Å². The minimum Gasteiger partial charge on any atom is -0.390 e. The van der Waals surface area contributed by atoms with Crippen molar-refractivity contribution in [1.82, 2.24) is 14.5 Å². The van der Waals surface area contributed by atoms with Crippen LogP contribution >= 0.6 is 0 Å². The summed E-state index contributed by atoms with van der Waals surface area (Å²) in [6.07, 6.45) is 7.19. The SMILES string of the molecule is CC1CC(O)(CCc2nccn2C)CCN1C. The minimum absolute atomic E-state index is 0.468. The van der Waals surface area contributed by atoms with Gasteiger partial charge in [-0.05, 0) is 33.2 Å². The van der Waals surface area contributed by atoms with Crippen molar-refractivity contribution in [2.45, 2.75) is 44.2 Å². The molecule has 0 spiro atoms. The van der Waals surface area contributed by atoms with Crippen molar-refractivity contribution in [3.05, 3.63) is 18.2 Å². The Morgan fingerprint density at radius 2 is 2.29 bits per heavy atom. The molecule has 1 aromatic heterocycles. The van der Waals surface area contributed by atoms with Gasteiger partial charge >= 0.3 is 0 Å². The third-order valence-electron chi connectivity index (χ3n) is 4.09. The molecule has 2 unspecified atom stereocenters. The van der Waals surface area contributed by atoms with Crippen LogP contribution < -0.4 is 0 Å². The molecule has 0 amide bonds. The van der Waals surface area contributed by atoms with Crippen molar-refractivity contribution < 1.29 is 5.11 Å². The van der Waals surface area contributed by atoms with Crippen molar-refractivity contribution in [2.75, 3.05) is 13.6 Å². The van der Waals surface area contributed by atoms with Gasteiger partial charge in [0.1, 0.15) is 5.82 Å². The van der Waals surface area contributed by atoms with E-state index in [1.165, 1.54) is 0 Å². The fourth-order valence-electron chi connectivity index (χ4n) is 2.62. The first kappa shape index (κ1) is 12.6. The molecule has 0 aliphatic carbocycles. The zero-order chi connectivity index (χ0) is 12.5. The average molecular weight is 237 g/mol. The third kappa shape index (κ3) is 2.87. The van der Waals surface area contributed by atoms with E-state index in [0.717, 1.165) is 38.1 Å². The lowest BCUT2D eigenvalue weighted by atomic mass is 9.83. The maximum atomic E-state index is 10.6. The van der Waals surface area contributed by atoms with Crippen LogP contribution in [0.25, 0.3) is 0 Å². The molecule has 1 aliphatic heterocycles. The Kier molecular flexibility index (Phi) is 3.54. The molecule has 0 saturated carbocycles. The van der Waals surface area contributed by atoms with Crippen LogP contribution in [0.15, 0.2) is 12.4 Å². The summed E-state index contributed by atoms with van der Waals surface area (Å²) in [6, 6.07) is 0.468. The lowest BCUT2D eigenvalue weighted by molar-refractivity contribution is -0.0419. The molecule has 1 aromatic rings. The molecular formula is C13H23N3O. The molecule has 4 nitrogen and oxygen atoms in total. The molecule has 2 atom stereocenters. The van der Waals surface area contributed by atoms with Crippen molar-refractivity contribution >= 4 is 0 Å². The van der Waals surface area contributed by atoms with Crippen LogP contribution in [0.1, 0.15) is 32.0 Å². The maximum Gasteiger partial charge on any atom is 0.108 e. The van der Waals surface area contributed by atoms with Crippen LogP contribution in [0.4, 0.5) is 0 Å². The van der Waals surface area contributed by atoms with Crippen molar-refractivity contribution in [3.8, 4) is 0 Å². The molecule has 0 radical (unpaired) electrons. The van der Waals surface area contributed by atoms with Crippen molar-refractivity contribution in [3.63, 3.8) is 0 Å². The number of aromatic nitrogens is 2. The quantitative estimate of drug-likeness (QED) is 0.859. The molecular weight excluding hydrogens is 214 g/mol. The Morgan fingerprint density at radius 1 is 1.53 bits per heavy atom. The van der Waals surface area contributed by atoms with Gasteiger partial charge in [-0.15, -0.1) is 0 Å². The summed E-state index contributed by atoms with van der Waals surface area (Å²) in [5.74, 6) is 1.06. The van der Waals surface area contributed by atoms with Crippen LogP contribution in [0.3, 0.4) is 0 Å². The standard InChI is InChI=1S/C13H23N3O/c1-11-10-13(17,6-8-15(11)2)5-4-12-14-7-9-16(12)3/h7,9,11,17H,4-6,8,10H2,1-3H3. The van der Waals surface area contributed by atoms with Crippen LogP contribution in [-0.2, 0) is 13.5 Å². The highest BCUT2D eigenvalue weighted by Crippen LogP contribution is 2.29. The van der Waals surface area contributed by atoms with E-state index >= 15 is 0 Å². The summed E-state index contributed by atoms with van der Waals surface area (Å²) in [7, 11) is 4.13. The van der Waals surface area contributed by atoms with Gasteiger partial charge in [-0.1, -0.05) is 0 Å². The molecule has 0 bridgehead atoms. The van der Waals surface area contributed by atoms with E-state index in [-0.39, 0.29) is 0 Å². The number of nitrogens with zero attached hydrogens (tertiary/aromatic N) is 3. The summed E-state index contributed by atoms with van der Waals surface area (Å²) >= 11 is 0. The van der Waals surface area contributed by atoms with Crippen LogP contribution in [0.2, 0.25) is 0 Å². The van der Waals surface area contributed by atoms with Crippen LogP contribution in [-0.4, -0.2) is 44.8 Å². The Balaban J connectivity index is 1.92. The Labute approximate surface area is 103 Å². The van der Waals surface area contributed by atoms with E-state index in [1.807, 2.05) is 24.0 Å². The number of hydrogen-bond donors (Lipinski definition) is 1. The Bertz CT molecular complexity index is 376. The van der Waals surface area contributed by atoms with Gasteiger partial charge in [-0.3, -0.25) is 0 Å². The molecule has 0 aromatic carbocycles.